The molecule has 1 saturated heterocycles. The Morgan fingerprint density at radius 2 is 1.95 bits per heavy atom. The van der Waals surface area contributed by atoms with Crippen molar-refractivity contribution in [2.45, 2.75) is 19.4 Å². The molecule has 1 atom stereocenters. The lowest BCUT2D eigenvalue weighted by molar-refractivity contribution is -0.140. The lowest BCUT2D eigenvalue weighted by Crippen LogP contribution is -2.51. The minimum absolute atomic E-state index is 0.0560. The largest absolute Gasteiger partial charge is 0.479 e. The summed E-state index contributed by atoms with van der Waals surface area (Å²) in [5, 5.41) is 0.539. The lowest BCUT2D eigenvalue weighted by Gasteiger charge is -2.34. The summed E-state index contributed by atoms with van der Waals surface area (Å²) in [5.74, 6) is 0.629. The molecule has 110 valence electrons. The second-order valence-corrected chi connectivity index (χ2v) is 5.48. The van der Waals surface area contributed by atoms with Gasteiger partial charge in [0.15, 0.2) is 6.10 Å². The Balaban J connectivity index is 2.01. The molecule has 0 radical (unpaired) electrons. The van der Waals surface area contributed by atoms with E-state index in [2.05, 4.69) is 11.9 Å². The van der Waals surface area contributed by atoms with E-state index in [1.54, 1.807) is 12.1 Å². The Morgan fingerprint density at radius 1 is 1.30 bits per heavy atom. The van der Waals surface area contributed by atoms with E-state index < -0.39 is 6.10 Å². The number of nitrogens with zero attached hydrogens (tertiary/aromatic N) is 2. The minimum Gasteiger partial charge on any atom is -0.479 e. The lowest BCUT2D eigenvalue weighted by atomic mass is 10.2. The number of piperazine rings is 1. The first-order valence-corrected chi connectivity index (χ1v) is 7.38. The zero-order valence-corrected chi connectivity index (χ0v) is 12.8. The molecule has 0 aliphatic carbocycles. The van der Waals surface area contributed by atoms with Gasteiger partial charge in [-0.05, 0) is 25.6 Å². The highest BCUT2D eigenvalue weighted by Gasteiger charge is 2.27. The van der Waals surface area contributed by atoms with Gasteiger partial charge >= 0.3 is 0 Å². The third-order valence-electron chi connectivity index (χ3n) is 3.57. The van der Waals surface area contributed by atoms with Crippen LogP contribution in [0.2, 0.25) is 5.02 Å². The van der Waals surface area contributed by atoms with Crippen molar-refractivity contribution in [1.82, 2.24) is 9.80 Å². The Bertz CT molecular complexity index is 459. The van der Waals surface area contributed by atoms with Gasteiger partial charge in [-0.1, -0.05) is 30.7 Å². The first-order valence-electron chi connectivity index (χ1n) is 7.00. The van der Waals surface area contributed by atoms with Crippen LogP contribution in [0.3, 0.4) is 0 Å². The quantitative estimate of drug-likeness (QED) is 0.854. The number of rotatable bonds is 4. The summed E-state index contributed by atoms with van der Waals surface area (Å²) in [7, 11) is 2.07. The number of benzene rings is 1. The summed E-state index contributed by atoms with van der Waals surface area (Å²) in [4.78, 5) is 16.6. The van der Waals surface area contributed by atoms with Crippen LogP contribution in [0, 0.1) is 0 Å². The first-order chi connectivity index (χ1) is 9.61. The fraction of sp³-hybridized carbons (Fsp3) is 0.533. The van der Waals surface area contributed by atoms with Gasteiger partial charge in [0.05, 0.1) is 5.02 Å². The van der Waals surface area contributed by atoms with E-state index in [0.29, 0.717) is 17.2 Å². The number of carbonyl (C=O) groups excluding carboxylic acids is 1. The van der Waals surface area contributed by atoms with Gasteiger partial charge in [-0.15, -0.1) is 0 Å². The molecule has 1 aromatic rings. The average Bonchev–Trinajstić information content (AvgIpc) is 2.46. The van der Waals surface area contributed by atoms with Crippen molar-refractivity contribution in [2.24, 2.45) is 0 Å². The molecule has 1 aliphatic rings. The Hall–Kier alpha value is -1.26. The number of amides is 1. The molecule has 1 aliphatic heterocycles. The first kappa shape index (κ1) is 15.1. The van der Waals surface area contributed by atoms with Gasteiger partial charge in [-0.25, -0.2) is 0 Å². The zero-order chi connectivity index (χ0) is 14.5. The Kier molecular flexibility index (Phi) is 5.26. The highest BCUT2D eigenvalue weighted by Crippen LogP contribution is 2.25. The van der Waals surface area contributed by atoms with Crippen LogP contribution in [0.4, 0.5) is 0 Å². The number of para-hydroxylation sites is 1. The van der Waals surface area contributed by atoms with Crippen molar-refractivity contribution in [3.05, 3.63) is 29.3 Å². The van der Waals surface area contributed by atoms with Crippen LogP contribution in [0.5, 0.6) is 5.75 Å². The average molecular weight is 297 g/mol. The van der Waals surface area contributed by atoms with Crippen LogP contribution in [0.15, 0.2) is 24.3 Å². The SMILES string of the molecule is CCC(Oc1ccccc1Cl)C(=O)N1CCN(C)CC1. The minimum atomic E-state index is -0.460. The predicted molar refractivity (Wildman–Crippen MR) is 80.2 cm³/mol. The molecule has 0 saturated carbocycles. The molecular weight excluding hydrogens is 276 g/mol. The van der Waals surface area contributed by atoms with Crippen LogP contribution < -0.4 is 4.74 Å². The van der Waals surface area contributed by atoms with Crippen LogP contribution in [0.25, 0.3) is 0 Å². The van der Waals surface area contributed by atoms with Gasteiger partial charge in [0.2, 0.25) is 0 Å². The van der Waals surface area contributed by atoms with Gasteiger partial charge in [0, 0.05) is 26.2 Å². The van der Waals surface area contributed by atoms with E-state index in [4.69, 9.17) is 16.3 Å². The summed E-state index contributed by atoms with van der Waals surface area (Å²) < 4.78 is 5.80. The molecule has 0 aromatic heterocycles. The smallest absolute Gasteiger partial charge is 0.263 e. The van der Waals surface area contributed by atoms with E-state index >= 15 is 0 Å². The fourth-order valence-electron chi connectivity index (χ4n) is 2.23. The molecule has 2 rings (SSSR count). The fourth-order valence-corrected chi connectivity index (χ4v) is 2.41. The van der Waals surface area contributed by atoms with Crippen molar-refractivity contribution in [3.63, 3.8) is 0 Å². The van der Waals surface area contributed by atoms with Crippen molar-refractivity contribution >= 4 is 17.5 Å². The molecule has 0 spiro atoms. The highest BCUT2D eigenvalue weighted by molar-refractivity contribution is 6.32. The molecule has 20 heavy (non-hydrogen) atoms. The monoisotopic (exact) mass is 296 g/mol. The molecule has 1 amide bonds. The third-order valence-corrected chi connectivity index (χ3v) is 3.88. The zero-order valence-electron chi connectivity index (χ0n) is 12.0. The summed E-state index contributed by atoms with van der Waals surface area (Å²) in [5.41, 5.74) is 0. The molecule has 5 heteroatoms. The summed E-state index contributed by atoms with van der Waals surface area (Å²) in [6, 6.07) is 7.26. The van der Waals surface area contributed by atoms with Gasteiger partial charge in [-0.2, -0.15) is 0 Å². The molecule has 0 bridgehead atoms. The molecule has 1 unspecified atom stereocenters. The molecule has 1 aromatic carbocycles. The molecular formula is C15H21ClN2O2. The van der Waals surface area contributed by atoms with Crippen molar-refractivity contribution in [1.29, 1.82) is 0 Å². The van der Waals surface area contributed by atoms with E-state index in [1.807, 2.05) is 24.0 Å². The van der Waals surface area contributed by atoms with Gasteiger partial charge < -0.3 is 14.5 Å². The molecule has 4 nitrogen and oxygen atoms in total. The topological polar surface area (TPSA) is 32.8 Å². The second kappa shape index (κ2) is 6.95. The van der Waals surface area contributed by atoms with Crippen LogP contribution in [-0.2, 0) is 4.79 Å². The maximum atomic E-state index is 12.5. The molecule has 0 N–H and O–H groups in total. The summed E-state index contributed by atoms with van der Waals surface area (Å²) in [6.07, 6.45) is 0.175. The maximum Gasteiger partial charge on any atom is 0.263 e. The predicted octanol–water partition coefficient (Wildman–Crippen LogP) is 2.27. The maximum absolute atomic E-state index is 12.5. The van der Waals surface area contributed by atoms with Crippen LogP contribution >= 0.6 is 11.6 Å². The second-order valence-electron chi connectivity index (χ2n) is 5.07. The number of halogens is 1. The summed E-state index contributed by atoms with van der Waals surface area (Å²) >= 11 is 6.08. The van der Waals surface area contributed by atoms with Gasteiger partial charge in [-0.3, -0.25) is 4.79 Å². The van der Waals surface area contributed by atoms with Crippen molar-refractivity contribution in [3.8, 4) is 5.75 Å². The number of carbonyl (C=O) groups is 1. The van der Waals surface area contributed by atoms with Crippen molar-refractivity contribution < 1.29 is 9.53 Å². The summed E-state index contributed by atoms with van der Waals surface area (Å²) in [6.45, 7) is 5.30. The third kappa shape index (κ3) is 3.64. The van der Waals surface area contributed by atoms with Gasteiger partial charge in [0.1, 0.15) is 5.75 Å². The van der Waals surface area contributed by atoms with Crippen LogP contribution in [0.1, 0.15) is 13.3 Å². The number of likely N-dealkylation sites (N-methyl/N-ethyl adjacent to an activating group) is 1. The van der Waals surface area contributed by atoms with E-state index in [1.165, 1.54) is 0 Å². The number of ether oxygens (including phenoxy) is 1. The molecule has 1 fully saturated rings. The number of hydrogen-bond donors (Lipinski definition) is 0. The standard InChI is InChI=1S/C15H21ClN2O2/c1-3-13(20-14-7-5-4-6-12(14)16)15(19)18-10-8-17(2)9-11-18/h4-7,13H,3,8-11H2,1-2H3. The Morgan fingerprint density at radius 3 is 2.55 bits per heavy atom. The molecule has 1 heterocycles. The van der Waals surface area contributed by atoms with Crippen molar-refractivity contribution in [2.75, 3.05) is 33.2 Å². The van der Waals surface area contributed by atoms with E-state index in [9.17, 15) is 4.79 Å². The van der Waals surface area contributed by atoms with E-state index in [0.717, 1.165) is 26.2 Å². The van der Waals surface area contributed by atoms with Crippen LogP contribution in [-0.4, -0.2) is 55.0 Å². The van der Waals surface area contributed by atoms with E-state index in [-0.39, 0.29) is 5.91 Å². The Labute approximate surface area is 125 Å². The highest BCUT2D eigenvalue weighted by atomic mass is 35.5. The van der Waals surface area contributed by atoms with Gasteiger partial charge in [0.25, 0.3) is 5.91 Å². The normalized spacial score (nSPS) is 17.9. The number of hydrogen-bond acceptors (Lipinski definition) is 3.